The molecule has 0 aromatic carbocycles. The average molecular weight is 218 g/mol. The zero-order chi connectivity index (χ0) is 12.0. The van der Waals surface area contributed by atoms with Crippen molar-refractivity contribution in [2.75, 3.05) is 34.2 Å². The molecule has 0 aliphatic rings. The summed E-state index contributed by atoms with van der Waals surface area (Å²) in [4.78, 5) is 8.34. The number of nitrogens with zero attached hydrogens (tertiary/aromatic N) is 4. The Bertz CT molecular complexity index is 368. The van der Waals surface area contributed by atoms with Crippen molar-refractivity contribution in [3.8, 4) is 6.07 Å². The third-order valence-corrected chi connectivity index (χ3v) is 2.32. The van der Waals surface area contributed by atoms with Crippen LogP contribution in [0.25, 0.3) is 0 Å². The standard InChI is InChI=1S/C12H18N4/c1-15(2)6-7-16(3)10-11-4-5-14-12(8-11)9-13/h4-5,8H,6-7,10H2,1-3H3. The van der Waals surface area contributed by atoms with Crippen LogP contribution in [0.2, 0.25) is 0 Å². The summed E-state index contributed by atoms with van der Waals surface area (Å²) in [6.07, 6.45) is 1.69. The lowest BCUT2D eigenvalue weighted by Crippen LogP contribution is -2.28. The first-order valence-corrected chi connectivity index (χ1v) is 5.30. The Morgan fingerprint density at radius 2 is 2.06 bits per heavy atom. The quantitative estimate of drug-likeness (QED) is 0.738. The molecule has 0 aliphatic carbocycles. The van der Waals surface area contributed by atoms with Crippen LogP contribution in [0, 0.1) is 11.3 Å². The van der Waals surface area contributed by atoms with Gasteiger partial charge in [-0.25, -0.2) is 4.98 Å². The van der Waals surface area contributed by atoms with Gasteiger partial charge >= 0.3 is 0 Å². The lowest BCUT2D eigenvalue weighted by Gasteiger charge is -2.19. The summed E-state index contributed by atoms with van der Waals surface area (Å²) in [6.45, 7) is 2.90. The van der Waals surface area contributed by atoms with Gasteiger partial charge in [-0.1, -0.05) is 0 Å². The highest BCUT2D eigenvalue weighted by atomic mass is 15.1. The Morgan fingerprint density at radius 3 is 2.69 bits per heavy atom. The Hall–Kier alpha value is -1.44. The SMILES string of the molecule is CN(C)CCN(C)Cc1ccnc(C#N)c1. The summed E-state index contributed by atoms with van der Waals surface area (Å²) in [5.41, 5.74) is 1.62. The zero-order valence-corrected chi connectivity index (χ0v) is 10.1. The average Bonchev–Trinajstić information content (AvgIpc) is 2.26. The van der Waals surface area contributed by atoms with E-state index in [4.69, 9.17) is 5.26 Å². The van der Waals surface area contributed by atoms with Crippen molar-refractivity contribution in [1.29, 1.82) is 5.26 Å². The fraction of sp³-hybridized carbons (Fsp3) is 0.500. The number of aromatic nitrogens is 1. The van der Waals surface area contributed by atoms with Crippen LogP contribution in [0.15, 0.2) is 18.3 Å². The summed E-state index contributed by atoms with van der Waals surface area (Å²) in [7, 11) is 6.21. The van der Waals surface area contributed by atoms with Crippen LogP contribution >= 0.6 is 0 Å². The maximum Gasteiger partial charge on any atom is 0.140 e. The van der Waals surface area contributed by atoms with Crippen LogP contribution in [0.5, 0.6) is 0 Å². The lowest BCUT2D eigenvalue weighted by atomic mass is 10.2. The van der Waals surface area contributed by atoms with Crippen LogP contribution in [0.3, 0.4) is 0 Å². The van der Waals surface area contributed by atoms with E-state index >= 15 is 0 Å². The number of rotatable bonds is 5. The molecule has 0 atom stereocenters. The van der Waals surface area contributed by atoms with Gasteiger partial charge in [0.2, 0.25) is 0 Å². The number of pyridine rings is 1. The van der Waals surface area contributed by atoms with Crippen molar-refractivity contribution in [3.05, 3.63) is 29.6 Å². The molecular weight excluding hydrogens is 200 g/mol. The topological polar surface area (TPSA) is 43.2 Å². The lowest BCUT2D eigenvalue weighted by molar-refractivity contribution is 0.276. The molecule has 1 aromatic heterocycles. The maximum absolute atomic E-state index is 8.74. The summed E-state index contributed by atoms with van der Waals surface area (Å²) >= 11 is 0. The molecule has 0 saturated carbocycles. The van der Waals surface area contributed by atoms with E-state index in [1.54, 1.807) is 6.20 Å². The molecule has 1 aromatic rings. The van der Waals surface area contributed by atoms with Gasteiger partial charge in [-0.2, -0.15) is 5.26 Å². The summed E-state index contributed by atoms with van der Waals surface area (Å²) in [5, 5.41) is 8.74. The molecule has 1 heterocycles. The van der Waals surface area contributed by atoms with E-state index in [1.165, 1.54) is 0 Å². The van der Waals surface area contributed by atoms with Gasteiger partial charge in [0.05, 0.1) is 0 Å². The van der Waals surface area contributed by atoms with E-state index in [0.29, 0.717) is 5.69 Å². The minimum absolute atomic E-state index is 0.485. The fourth-order valence-electron chi connectivity index (χ4n) is 1.40. The Labute approximate surface area is 97.1 Å². The van der Waals surface area contributed by atoms with Gasteiger partial charge < -0.3 is 9.80 Å². The summed E-state index contributed by atoms with van der Waals surface area (Å²) < 4.78 is 0. The number of likely N-dealkylation sites (N-methyl/N-ethyl adjacent to an activating group) is 2. The van der Waals surface area contributed by atoms with Gasteiger partial charge in [0.15, 0.2) is 0 Å². The zero-order valence-electron chi connectivity index (χ0n) is 10.1. The molecule has 0 fully saturated rings. The van der Waals surface area contributed by atoms with E-state index in [1.807, 2.05) is 12.1 Å². The summed E-state index contributed by atoms with van der Waals surface area (Å²) in [5.74, 6) is 0. The van der Waals surface area contributed by atoms with Crippen molar-refractivity contribution in [2.24, 2.45) is 0 Å². The van der Waals surface area contributed by atoms with Gasteiger partial charge in [-0.15, -0.1) is 0 Å². The number of hydrogen-bond donors (Lipinski definition) is 0. The molecule has 0 bridgehead atoms. The number of nitriles is 1. The van der Waals surface area contributed by atoms with Gasteiger partial charge in [0, 0.05) is 25.8 Å². The molecule has 0 amide bonds. The predicted octanol–water partition coefficient (Wildman–Crippen LogP) is 0.947. The van der Waals surface area contributed by atoms with E-state index in [9.17, 15) is 0 Å². The molecule has 0 radical (unpaired) electrons. The second-order valence-corrected chi connectivity index (χ2v) is 4.20. The predicted molar refractivity (Wildman–Crippen MR) is 63.8 cm³/mol. The van der Waals surface area contributed by atoms with Crippen LogP contribution in [-0.4, -0.2) is 49.0 Å². The third-order valence-electron chi connectivity index (χ3n) is 2.32. The molecule has 86 valence electrons. The number of hydrogen-bond acceptors (Lipinski definition) is 4. The highest BCUT2D eigenvalue weighted by Crippen LogP contribution is 2.04. The maximum atomic E-state index is 8.74. The minimum atomic E-state index is 0.485. The normalized spacial score (nSPS) is 10.8. The van der Waals surface area contributed by atoms with Crippen molar-refractivity contribution in [1.82, 2.24) is 14.8 Å². The molecule has 0 aliphatic heterocycles. The molecule has 1 rings (SSSR count). The molecule has 0 N–H and O–H groups in total. The Kier molecular flexibility index (Phi) is 4.90. The monoisotopic (exact) mass is 218 g/mol. The van der Waals surface area contributed by atoms with Crippen molar-refractivity contribution >= 4 is 0 Å². The molecular formula is C12H18N4. The molecule has 0 saturated heterocycles. The first kappa shape index (κ1) is 12.6. The van der Waals surface area contributed by atoms with E-state index in [2.05, 4.69) is 42.0 Å². The van der Waals surface area contributed by atoms with Crippen LogP contribution in [0.1, 0.15) is 11.3 Å². The molecule has 4 heteroatoms. The largest absolute Gasteiger partial charge is 0.308 e. The highest BCUT2D eigenvalue weighted by molar-refractivity contribution is 5.25. The molecule has 16 heavy (non-hydrogen) atoms. The van der Waals surface area contributed by atoms with E-state index < -0.39 is 0 Å². The van der Waals surface area contributed by atoms with Gasteiger partial charge in [0.25, 0.3) is 0 Å². The van der Waals surface area contributed by atoms with Crippen molar-refractivity contribution < 1.29 is 0 Å². The van der Waals surface area contributed by atoms with Crippen LogP contribution in [0.4, 0.5) is 0 Å². The fourth-order valence-corrected chi connectivity index (χ4v) is 1.40. The highest BCUT2D eigenvalue weighted by Gasteiger charge is 2.02. The Morgan fingerprint density at radius 1 is 1.31 bits per heavy atom. The second-order valence-electron chi connectivity index (χ2n) is 4.20. The van der Waals surface area contributed by atoms with Crippen LogP contribution in [-0.2, 0) is 6.54 Å². The first-order valence-electron chi connectivity index (χ1n) is 5.30. The summed E-state index contributed by atoms with van der Waals surface area (Å²) in [6, 6.07) is 5.84. The Balaban J connectivity index is 2.49. The molecule has 0 unspecified atom stereocenters. The second kappa shape index (κ2) is 6.21. The van der Waals surface area contributed by atoms with E-state index in [-0.39, 0.29) is 0 Å². The van der Waals surface area contributed by atoms with Gasteiger partial charge in [-0.05, 0) is 38.8 Å². The van der Waals surface area contributed by atoms with Crippen molar-refractivity contribution in [3.63, 3.8) is 0 Å². The minimum Gasteiger partial charge on any atom is -0.308 e. The molecule has 0 spiro atoms. The van der Waals surface area contributed by atoms with Crippen LogP contribution < -0.4 is 0 Å². The third kappa shape index (κ3) is 4.39. The van der Waals surface area contributed by atoms with Gasteiger partial charge in [0.1, 0.15) is 11.8 Å². The molecule has 4 nitrogen and oxygen atoms in total. The van der Waals surface area contributed by atoms with Gasteiger partial charge in [-0.3, -0.25) is 0 Å². The smallest absolute Gasteiger partial charge is 0.140 e. The van der Waals surface area contributed by atoms with E-state index in [0.717, 1.165) is 25.2 Å². The van der Waals surface area contributed by atoms with Crippen molar-refractivity contribution in [2.45, 2.75) is 6.54 Å². The first-order chi connectivity index (χ1) is 7.61.